The van der Waals surface area contributed by atoms with Crippen LogP contribution in [0.2, 0.25) is 5.02 Å². The molecule has 4 rings (SSSR count). The number of aryl methyl sites for hydroxylation is 2. The van der Waals surface area contributed by atoms with Gasteiger partial charge in [0.05, 0.1) is 17.0 Å². The maximum absolute atomic E-state index is 12.3. The standard InChI is InChI=1S/C23H21ClN2O2/c1-4-17(27)12-20-23-21(14(3)26-28-23)18-10-5-13(2)11-19(18)22(25-20)15-6-8-16(24)9-7-15/h5-11,20H,4,12H2,1-3H3/t20-/m0/s1. The Morgan fingerprint density at radius 1 is 1.11 bits per heavy atom. The van der Waals surface area contributed by atoms with Crippen molar-refractivity contribution in [3.8, 4) is 11.1 Å². The van der Waals surface area contributed by atoms with E-state index in [9.17, 15) is 4.79 Å². The number of carbonyl (C=O) groups is 1. The summed E-state index contributed by atoms with van der Waals surface area (Å²) in [6.07, 6.45) is 0.763. The molecule has 0 saturated heterocycles. The summed E-state index contributed by atoms with van der Waals surface area (Å²) in [5, 5.41) is 4.85. The topological polar surface area (TPSA) is 55.5 Å². The van der Waals surface area contributed by atoms with Gasteiger partial charge in [-0.2, -0.15) is 0 Å². The predicted molar refractivity (Wildman–Crippen MR) is 111 cm³/mol. The lowest BCUT2D eigenvalue weighted by atomic mass is 9.91. The first-order chi connectivity index (χ1) is 13.5. The van der Waals surface area contributed by atoms with Gasteiger partial charge in [0.15, 0.2) is 5.76 Å². The highest BCUT2D eigenvalue weighted by atomic mass is 35.5. The Morgan fingerprint density at radius 3 is 2.57 bits per heavy atom. The zero-order chi connectivity index (χ0) is 19.8. The number of aromatic nitrogens is 1. The van der Waals surface area contributed by atoms with Crippen LogP contribution in [0.5, 0.6) is 0 Å². The Bertz CT molecular complexity index is 1080. The molecule has 5 heteroatoms. The lowest BCUT2D eigenvalue weighted by Gasteiger charge is -2.12. The van der Waals surface area contributed by atoms with Gasteiger partial charge in [-0.3, -0.25) is 9.79 Å². The van der Waals surface area contributed by atoms with Crippen LogP contribution < -0.4 is 0 Å². The van der Waals surface area contributed by atoms with Gasteiger partial charge in [-0.1, -0.05) is 53.5 Å². The van der Waals surface area contributed by atoms with Crippen LogP contribution in [-0.4, -0.2) is 16.7 Å². The molecule has 28 heavy (non-hydrogen) atoms. The predicted octanol–water partition coefficient (Wildman–Crippen LogP) is 5.87. The third-order valence-electron chi connectivity index (χ3n) is 5.11. The summed E-state index contributed by atoms with van der Waals surface area (Å²) in [4.78, 5) is 17.3. The molecule has 142 valence electrons. The number of carbonyl (C=O) groups excluding carboxylic acids is 1. The number of benzene rings is 2. The quantitative estimate of drug-likeness (QED) is 0.557. The molecule has 0 radical (unpaired) electrons. The number of Topliss-reactive ketones (excluding diaryl/α,β-unsaturated/α-hetero) is 1. The maximum Gasteiger partial charge on any atom is 0.169 e. The highest BCUT2D eigenvalue weighted by Crippen LogP contribution is 2.41. The molecule has 0 unspecified atom stereocenters. The van der Waals surface area contributed by atoms with E-state index < -0.39 is 6.04 Å². The Balaban J connectivity index is 1.99. The lowest BCUT2D eigenvalue weighted by molar-refractivity contribution is -0.119. The van der Waals surface area contributed by atoms with E-state index in [-0.39, 0.29) is 5.78 Å². The second-order valence-electron chi connectivity index (χ2n) is 7.15. The van der Waals surface area contributed by atoms with Gasteiger partial charge in [0.1, 0.15) is 11.8 Å². The molecule has 0 aliphatic carbocycles. The molecule has 0 fully saturated rings. The average molecular weight is 393 g/mol. The summed E-state index contributed by atoms with van der Waals surface area (Å²) in [6, 6.07) is 13.5. The van der Waals surface area contributed by atoms with Crippen LogP contribution in [0.3, 0.4) is 0 Å². The molecule has 2 aromatic carbocycles. The second-order valence-corrected chi connectivity index (χ2v) is 7.59. The zero-order valence-corrected chi connectivity index (χ0v) is 16.9. The van der Waals surface area contributed by atoms with E-state index in [1.54, 1.807) is 0 Å². The normalized spacial score (nSPS) is 15.4. The Morgan fingerprint density at radius 2 is 1.86 bits per heavy atom. The first kappa shape index (κ1) is 18.6. The average Bonchev–Trinajstić information content (AvgIpc) is 3.01. The van der Waals surface area contributed by atoms with E-state index in [4.69, 9.17) is 21.1 Å². The zero-order valence-electron chi connectivity index (χ0n) is 16.1. The molecular formula is C23H21ClN2O2. The number of fused-ring (bicyclic) bond motifs is 3. The monoisotopic (exact) mass is 392 g/mol. The minimum Gasteiger partial charge on any atom is -0.358 e. The van der Waals surface area contributed by atoms with E-state index in [1.165, 1.54) is 0 Å². The van der Waals surface area contributed by atoms with Gasteiger partial charge in [0.25, 0.3) is 0 Å². The molecule has 1 aromatic heterocycles. The van der Waals surface area contributed by atoms with E-state index in [0.717, 1.165) is 39.2 Å². The fourth-order valence-corrected chi connectivity index (χ4v) is 3.76. The minimum absolute atomic E-state index is 0.145. The van der Waals surface area contributed by atoms with Gasteiger partial charge in [-0.05, 0) is 37.6 Å². The molecule has 0 saturated carbocycles. The van der Waals surface area contributed by atoms with Crippen molar-refractivity contribution in [2.75, 3.05) is 0 Å². The van der Waals surface area contributed by atoms with E-state index in [1.807, 2.05) is 38.1 Å². The first-order valence-electron chi connectivity index (χ1n) is 9.41. The first-order valence-corrected chi connectivity index (χ1v) is 9.78. The van der Waals surface area contributed by atoms with Gasteiger partial charge >= 0.3 is 0 Å². The van der Waals surface area contributed by atoms with Gasteiger partial charge in [0, 0.05) is 29.0 Å². The molecule has 1 aliphatic heterocycles. The number of hydrogen-bond donors (Lipinski definition) is 0. The molecule has 1 atom stereocenters. The smallest absolute Gasteiger partial charge is 0.169 e. The van der Waals surface area contributed by atoms with Crippen molar-refractivity contribution in [2.24, 2.45) is 4.99 Å². The number of ketones is 1. The lowest BCUT2D eigenvalue weighted by Crippen LogP contribution is -2.08. The maximum atomic E-state index is 12.3. The van der Waals surface area contributed by atoms with Crippen molar-refractivity contribution in [1.29, 1.82) is 0 Å². The van der Waals surface area contributed by atoms with Crippen molar-refractivity contribution in [3.63, 3.8) is 0 Å². The summed E-state index contributed by atoms with van der Waals surface area (Å²) in [5.74, 6) is 0.805. The third-order valence-corrected chi connectivity index (χ3v) is 5.36. The van der Waals surface area contributed by atoms with Crippen LogP contribution >= 0.6 is 11.6 Å². The number of hydrogen-bond acceptors (Lipinski definition) is 4. The molecule has 0 spiro atoms. The summed E-state index contributed by atoms with van der Waals surface area (Å²) in [5.41, 5.74) is 6.73. The van der Waals surface area contributed by atoms with Gasteiger partial charge in [0.2, 0.25) is 0 Å². The Kier molecular flexibility index (Phi) is 4.90. The Hall–Kier alpha value is -2.72. The van der Waals surface area contributed by atoms with Crippen LogP contribution in [0, 0.1) is 13.8 Å². The fraction of sp³-hybridized carbons (Fsp3) is 0.261. The SMILES string of the molecule is CCC(=O)C[C@@H]1N=C(c2ccc(Cl)cc2)c2cc(C)ccc2-c2c(C)noc21. The van der Waals surface area contributed by atoms with E-state index >= 15 is 0 Å². The van der Waals surface area contributed by atoms with Crippen molar-refractivity contribution in [1.82, 2.24) is 5.16 Å². The molecule has 2 heterocycles. The van der Waals surface area contributed by atoms with Crippen LogP contribution in [0.4, 0.5) is 0 Å². The molecule has 0 bridgehead atoms. The van der Waals surface area contributed by atoms with Crippen molar-refractivity contribution in [3.05, 3.63) is 75.6 Å². The van der Waals surface area contributed by atoms with Crippen LogP contribution in [-0.2, 0) is 4.79 Å². The summed E-state index contributed by atoms with van der Waals surface area (Å²) >= 11 is 6.09. The van der Waals surface area contributed by atoms with E-state index in [2.05, 4.69) is 30.3 Å². The highest BCUT2D eigenvalue weighted by molar-refractivity contribution is 6.30. The largest absolute Gasteiger partial charge is 0.358 e. The number of nitrogens with zero attached hydrogens (tertiary/aromatic N) is 2. The molecule has 0 amide bonds. The molecule has 1 aliphatic rings. The van der Waals surface area contributed by atoms with Crippen LogP contribution in [0.25, 0.3) is 11.1 Å². The fourth-order valence-electron chi connectivity index (χ4n) is 3.63. The van der Waals surface area contributed by atoms with Gasteiger partial charge < -0.3 is 4.52 Å². The molecule has 0 N–H and O–H groups in total. The molecular weight excluding hydrogens is 372 g/mol. The third kappa shape index (κ3) is 3.29. The summed E-state index contributed by atoms with van der Waals surface area (Å²) in [6.45, 7) is 5.86. The molecule has 4 nitrogen and oxygen atoms in total. The van der Waals surface area contributed by atoms with Crippen LogP contribution in [0.15, 0.2) is 52.0 Å². The number of rotatable bonds is 4. The highest BCUT2D eigenvalue weighted by Gasteiger charge is 2.31. The number of aliphatic imine (C=N–C) groups is 1. The number of halogens is 1. The van der Waals surface area contributed by atoms with Crippen molar-refractivity contribution in [2.45, 2.75) is 39.7 Å². The summed E-state index contributed by atoms with van der Waals surface area (Å²) < 4.78 is 5.68. The Labute approximate surface area is 169 Å². The minimum atomic E-state index is -0.401. The van der Waals surface area contributed by atoms with Gasteiger partial charge in [-0.15, -0.1) is 0 Å². The summed E-state index contributed by atoms with van der Waals surface area (Å²) in [7, 11) is 0. The van der Waals surface area contributed by atoms with Gasteiger partial charge in [-0.25, -0.2) is 0 Å². The van der Waals surface area contributed by atoms with Crippen molar-refractivity contribution < 1.29 is 9.32 Å². The van der Waals surface area contributed by atoms with Crippen molar-refractivity contribution >= 4 is 23.1 Å². The second kappa shape index (κ2) is 7.36. The molecule has 3 aromatic rings. The van der Waals surface area contributed by atoms with E-state index in [0.29, 0.717) is 23.6 Å². The van der Waals surface area contributed by atoms with Crippen LogP contribution in [0.1, 0.15) is 54.0 Å².